The Morgan fingerprint density at radius 2 is 1.72 bits per heavy atom. The number of benzene rings is 1. The quantitative estimate of drug-likeness (QED) is 0.223. The second-order valence-electron chi connectivity index (χ2n) is 7.95. The molecule has 0 spiro atoms. The third-order valence-electron chi connectivity index (χ3n) is 5.28. The van der Waals surface area contributed by atoms with Gasteiger partial charge in [-0.25, -0.2) is 5.43 Å². The third kappa shape index (κ3) is 8.88. The number of amides is 2. The number of carbonyl (C=O) groups excluding carboxylic acids is 3. The molecule has 0 aliphatic heterocycles. The molecule has 9 nitrogen and oxygen atoms in total. The van der Waals surface area contributed by atoms with Gasteiger partial charge in [-0.15, -0.1) is 0 Å². The second kappa shape index (κ2) is 14.2. The topological polar surface area (TPSA) is 125 Å². The molecule has 1 aromatic carbocycles. The number of anilines is 1. The molecule has 0 fully saturated rings. The number of rotatable bonds is 8. The molecule has 0 aliphatic carbocycles. The van der Waals surface area contributed by atoms with E-state index in [2.05, 4.69) is 31.1 Å². The molecule has 0 unspecified atom stereocenters. The Balaban J connectivity index is 0.000000370. The van der Waals surface area contributed by atoms with Crippen LogP contribution in [0, 0.1) is 6.92 Å². The van der Waals surface area contributed by atoms with Crippen LogP contribution in [0.3, 0.4) is 0 Å². The van der Waals surface area contributed by atoms with Gasteiger partial charge in [0.1, 0.15) is 17.7 Å². The summed E-state index contributed by atoms with van der Waals surface area (Å²) in [6, 6.07) is 11.4. The van der Waals surface area contributed by atoms with Gasteiger partial charge in [-0.3, -0.25) is 24.4 Å². The molecule has 3 rings (SSSR count). The van der Waals surface area contributed by atoms with Gasteiger partial charge in [-0.05, 0) is 73.0 Å². The zero-order valence-electron chi connectivity index (χ0n) is 21.6. The minimum Gasteiger partial charge on any atom is -0.388 e. The maximum atomic E-state index is 11.9. The third-order valence-corrected chi connectivity index (χ3v) is 5.28. The number of aromatic nitrogens is 2. The fourth-order valence-electron chi connectivity index (χ4n) is 3.21. The highest BCUT2D eigenvalue weighted by atomic mass is 19.4. The summed E-state index contributed by atoms with van der Waals surface area (Å²) in [5.41, 5.74) is 6.79. The number of nitrogens with zero attached hydrogens (tertiary/aromatic N) is 3. The fraction of sp³-hybridized carbons (Fsp3) is 0.185. The Morgan fingerprint density at radius 3 is 2.33 bits per heavy atom. The molecule has 2 heterocycles. The summed E-state index contributed by atoms with van der Waals surface area (Å²) in [6.45, 7) is 3.89. The van der Waals surface area contributed by atoms with Crippen molar-refractivity contribution in [3.05, 3.63) is 94.6 Å². The first-order valence-electron chi connectivity index (χ1n) is 11.4. The number of pyridine rings is 2. The van der Waals surface area contributed by atoms with Crippen molar-refractivity contribution in [2.24, 2.45) is 5.10 Å². The molecule has 2 amide bonds. The molecule has 204 valence electrons. The average Bonchev–Trinajstić information content (AvgIpc) is 2.95. The van der Waals surface area contributed by atoms with E-state index in [4.69, 9.17) is 0 Å². The minimum atomic E-state index is -4.49. The zero-order valence-corrected chi connectivity index (χ0v) is 21.6. The predicted octanol–water partition coefficient (Wildman–Crippen LogP) is 4.26. The Labute approximate surface area is 223 Å². The number of aryl methyl sites for hydroxylation is 1. The van der Waals surface area contributed by atoms with Crippen LogP contribution in [0.4, 0.5) is 18.9 Å². The Morgan fingerprint density at radius 1 is 1.00 bits per heavy atom. The van der Waals surface area contributed by atoms with Crippen LogP contribution in [-0.2, 0) is 11.0 Å². The molecule has 2 aromatic heterocycles. The summed E-state index contributed by atoms with van der Waals surface area (Å²) >= 11 is 0. The summed E-state index contributed by atoms with van der Waals surface area (Å²) in [5.74, 6) is -0.251. The molecule has 0 aliphatic rings. The summed E-state index contributed by atoms with van der Waals surface area (Å²) < 4.78 is 35.8. The van der Waals surface area contributed by atoms with Crippen LogP contribution in [0.2, 0.25) is 0 Å². The van der Waals surface area contributed by atoms with Gasteiger partial charge in [-0.2, -0.15) is 18.3 Å². The summed E-state index contributed by atoms with van der Waals surface area (Å²) in [5, 5.41) is 9.85. The predicted molar refractivity (Wildman–Crippen MR) is 142 cm³/mol. The van der Waals surface area contributed by atoms with Crippen molar-refractivity contribution in [2.45, 2.75) is 20.0 Å². The van der Waals surface area contributed by atoms with Crippen LogP contribution in [0.5, 0.6) is 0 Å². The number of aldehydes is 1. The number of carbonyl (C=O) groups is 3. The molecular weight excluding hydrogens is 513 g/mol. The number of hydrogen-bond donors (Lipinski definition) is 3. The SMILES string of the molecule is CNC(=O)c1cc(/C(C)=C/C(=N\NC=O)c2cc(NC)ccc2C)ccn1.O=Cc1ccnc(C(F)(F)F)c1. The molecular formula is C27H27F3N6O3. The normalized spacial score (nSPS) is 11.6. The number of hydrogen-bond acceptors (Lipinski definition) is 7. The van der Waals surface area contributed by atoms with Crippen LogP contribution < -0.4 is 16.1 Å². The van der Waals surface area contributed by atoms with Gasteiger partial charge in [0.2, 0.25) is 6.41 Å². The first kappa shape index (κ1) is 30.4. The van der Waals surface area contributed by atoms with Crippen molar-refractivity contribution in [3.63, 3.8) is 0 Å². The maximum absolute atomic E-state index is 11.9. The fourth-order valence-corrected chi connectivity index (χ4v) is 3.21. The molecule has 3 N–H and O–H groups in total. The van der Waals surface area contributed by atoms with E-state index in [0.717, 1.165) is 34.1 Å². The van der Waals surface area contributed by atoms with Gasteiger partial charge in [-0.1, -0.05) is 6.07 Å². The van der Waals surface area contributed by atoms with Crippen LogP contribution in [0.25, 0.3) is 5.57 Å². The smallest absolute Gasteiger partial charge is 0.388 e. The van der Waals surface area contributed by atoms with Crippen molar-refractivity contribution in [3.8, 4) is 0 Å². The molecule has 39 heavy (non-hydrogen) atoms. The monoisotopic (exact) mass is 540 g/mol. The first-order valence-corrected chi connectivity index (χ1v) is 11.4. The van der Waals surface area contributed by atoms with E-state index in [9.17, 15) is 27.6 Å². The van der Waals surface area contributed by atoms with Crippen molar-refractivity contribution in [1.82, 2.24) is 20.7 Å². The van der Waals surface area contributed by atoms with Crippen molar-refractivity contribution < 1.29 is 27.6 Å². The highest BCUT2D eigenvalue weighted by molar-refractivity contribution is 6.13. The van der Waals surface area contributed by atoms with E-state index >= 15 is 0 Å². The van der Waals surface area contributed by atoms with Gasteiger partial charge in [0.05, 0.1) is 5.71 Å². The van der Waals surface area contributed by atoms with Crippen molar-refractivity contribution in [2.75, 3.05) is 19.4 Å². The van der Waals surface area contributed by atoms with E-state index < -0.39 is 11.9 Å². The van der Waals surface area contributed by atoms with Crippen molar-refractivity contribution in [1.29, 1.82) is 0 Å². The molecule has 0 atom stereocenters. The highest BCUT2D eigenvalue weighted by Crippen LogP contribution is 2.27. The Kier molecular flexibility index (Phi) is 11.0. The second-order valence-corrected chi connectivity index (χ2v) is 7.95. The van der Waals surface area contributed by atoms with Crippen LogP contribution in [0.15, 0.2) is 66.0 Å². The zero-order chi connectivity index (χ0) is 29.0. The van der Waals surface area contributed by atoms with E-state index in [1.165, 1.54) is 6.07 Å². The minimum absolute atomic E-state index is 0.0303. The Bertz CT molecular complexity index is 1390. The Hall–Kier alpha value is -4.87. The van der Waals surface area contributed by atoms with Gasteiger partial charge in [0.15, 0.2) is 0 Å². The maximum Gasteiger partial charge on any atom is 0.433 e. The van der Waals surface area contributed by atoms with E-state index in [-0.39, 0.29) is 11.5 Å². The van der Waals surface area contributed by atoms with Gasteiger partial charge in [0.25, 0.3) is 5.91 Å². The van der Waals surface area contributed by atoms with Crippen LogP contribution in [0.1, 0.15) is 50.2 Å². The number of allylic oxidation sites excluding steroid dienone is 2. The summed E-state index contributed by atoms with van der Waals surface area (Å²) in [6.07, 6.45) is 0.783. The lowest BCUT2D eigenvalue weighted by atomic mass is 9.99. The van der Waals surface area contributed by atoms with Crippen LogP contribution >= 0.6 is 0 Å². The number of alkyl halides is 3. The molecule has 0 bridgehead atoms. The lowest BCUT2D eigenvalue weighted by Crippen LogP contribution is -2.19. The van der Waals surface area contributed by atoms with Gasteiger partial charge in [0, 0.05) is 43.3 Å². The van der Waals surface area contributed by atoms with Crippen molar-refractivity contribution >= 4 is 35.6 Å². The van der Waals surface area contributed by atoms with E-state index in [1.807, 2.05) is 51.2 Å². The highest BCUT2D eigenvalue weighted by Gasteiger charge is 2.32. The van der Waals surface area contributed by atoms with E-state index in [0.29, 0.717) is 30.2 Å². The van der Waals surface area contributed by atoms with E-state index in [1.54, 1.807) is 19.3 Å². The number of nitrogens with one attached hydrogen (secondary N) is 3. The lowest BCUT2D eigenvalue weighted by Gasteiger charge is -2.11. The summed E-state index contributed by atoms with van der Waals surface area (Å²) in [4.78, 5) is 39.8. The molecule has 0 saturated heterocycles. The molecule has 0 saturated carbocycles. The standard InChI is InChI=1S/C20H23N5O2.C7H4F3NO/c1-13-5-6-16(21-3)11-17(13)18(25-24-12-26)9-14(2)15-7-8-23-19(10-15)20(27)22-4;8-7(9,10)6-3-5(4-12)1-2-11-6/h5-12,21H,1-4H3,(H,22,27)(H,24,26);1-4H/b14-9+,25-18+;. The average molecular weight is 541 g/mol. The molecule has 3 aromatic rings. The molecule has 0 radical (unpaired) electrons. The van der Waals surface area contributed by atoms with Gasteiger partial charge >= 0.3 is 6.18 Å². The number of hydrazone groups is 1. The first-order chi connectivity index (χ1) is 18.5. The number of halogens is 3. The van der Waals surface area contributed by atoms with Gasteiger partial charge < -0.3 is 10.6 Å². The largest absolute Gasteiger partial charge is 0.433 e. The summed E-state index contributed by atoms with van der Waals surface area (Å²) in [7, 11) is 3.40. The van der Waals surface area contributed by atoms with Crippen LogP contribution in [-0.4, -0.2) is 48.4 Å². The molecule has 12 heteroatoms. The lowest BCUT2D eigenvalue weighted by molar-refractivity contribution is -0.141.